The number of allylic oxidation sites excluding steroid dienone is 5. The Hall–Kier alpha value is -1.39. The number of nitrogens with one attached hydrogen (secondary N) is 1. The number of hydrogen-bond donors (Lipinski definition) is 3. The van der Waals surface area contributed by atoms with Crippen molar-refractivity contribution < 1.29 is 15.0 Å². The third-order valence-corrected chi connectivity index (χ3v) is 12.1. The van der Waals surface area contributed by atoms with Gasteiger partial charge in [-0.15, -0.1) is 0 Å². The first-order valence-corrected chi connectivity index (χ1v) is 26.2. The highest BCUT2D eigenvalue weighted by Gasteiger charge is 2.17. The van der Waals surface area contributed by atoms with Gasteiger partial charge in [0.25, 0.3) is 0 Å². The molecule has 0 aromatic rings. The van der Waals surface area contributed by atoms with Crippen LogP contribution >= 0.6 is 0 Å². The zero-order chi connectivity index (χ0) is 42.1. The fourth-order valence-corrected chi connectivity index (χ4v) is 8.07. The fourth-order valence-electron chi connectivity index (χ4n) is 8.07. The molecular formula is C54H103NO3. The fraction of sp³-hybridized carbons (Fsp3) is 0.870. The minimum atomic E-state index is -0.859. The number of carbonyl (C=O) groups is 1. The van der Waals surface area contributed by atoms with Crippen molar-refractivity contribution in [1.29, 1.82) is 0 Å². The second-order valence-corrected chi connectivity index (χ2v) is 17.9. The molecule has 58 heavy (non-hydrogen) atoms. The van der Waals surface area contributed by atoms with Crippen LogP contribution in [0.2, 0.25) is 0 Å². The molecule has 342 valence electrons. The Bertz CT molecular complexity index is 882. The predicted octanol–water partition coefficient (Wildman–Crippen LogP) is 16.9. The van der Waals surface area contributed by atoms with Crippen LogP contribution in [-0.2, 0) is 4.79 Å². The number of amides is 1. The van der Waals surface area contributed by atoms with E-state index in [0.717, 1.165) is 32.1 Å². The lowest BCUT2D eigenvalue weighted by Gasteiger charge is -2.19. The second-order valence-electron chi connectivity index (χ2n) is 17.9. The van der Waals surface area contributed by atoms with E-state index in [1.807, 2.05) is 6.08 Å². The maximum absolute atomic E-state index is 12.4. The third kappa shape index (κ3) is 45.7. The second kappa shape index (κ2) is 50.0. The maximum atomic E-state index is 12.4. The molecule has 1 amide bonds. The van der Waals surface area contributed by atoms with E-state index in [2.05, 4.69) is 43.5 Å². The molecular weight excluding hydrogens is 711 g/mol. The van der Waals surface area contributed by atoms with Gasteiger partial charge in [0, 0.05) is 6.42 Å². The van der Waals surface area contributed by atoms with Crippen LogP contribution < -0.4 is 5.32 Å². The molecule has 0 saturated heterocycles. The van der Waals surface area contributed by atoms with E-state index in [4.69, 9.17) is 0 Å². The molecule has 0 aromatic carbocycles. The number of aliphatic hydroxyl groups is 2. The van der Waals surface area contributed by atoms with Crippen LogP contribution in [0.3, 0.4) is 0 Å². The van der Waals surface area contributed by atoms with Crippen LogP contribution in [0.15, 0.2) is 36.5 Å². The van der Waals surface area contributed by atoms with Crippen molar-refractivity contribution in [3.05, 3.63) is 36.5 Å². The monoisotopic (exact) mass is 814 g/mol. The van der Waals surface area contributed by atoms with Crippen molar-refractivity contribution in [3.63, 3.8) is 0 Å². The average Bonchev–Trinajstić information content (AvgIpc) is 3.23. The molecule has 0 bridgehead atoms. The van der Waals surface area contributed by atoms with Crippen molar-refractivity contribution in [3.8, 4) is 0 Å². The molecule has 2 unspecified atom stereocenters. The van der Waals surface area contributed by atoms with E-state index < -0.39 is 12.1 Å². The van der Waals surface area contributed by atoms with Crippen molar-refractivity contribution in [2.75, 3.05) is 6.61 Å². The van der Waals surface area contributed by atoms with Crippen molar-refractivity contribution in [2.24, 2.45) is 0 Å². The molecule has 0 heterocycles. The normalized spacial score (nSPS) is 13.1. The first-order chi connectivity index (χ1) is 28.7. The summed E-state index contributed by atoms with van der Waals surface area (Å²) in [5.74, 6) is -0.0705. The minimum Gasteiger partial charge on any atom is -0.394 e. The van der Waals surface area contributed by atoms with Gasteiger partial charge in [0.1, 0.15) is 0 Å². The summed E-state index contributed by atoms with van der Waals surface area (Å²) in [6, 6.07) is -0.636. The van der Waals surface area contributed by atoms with Gasteiger partial charge in [-0.05, 0) is 57.8 Å². The number of unbranched alkanes of at least 4 members (excludes halogenated alkanes) is 37. The summed E-state index contributed by atoms with van der Waals surface area (Å²) in [6.07, 6.45) is 67.3. The van der Waals surface area contributed by atoms with Crippen molar-refractivity contribution in [1.82, 2.24) is 5.32 Å². The van der Waals surface area contributed by atoms with Gasteiger partial charge in [-0.3, -0.25) is 4.79 Å². The minimum absolute atomic E-state index is 0.0705. The van der Waals surface area contributed by atoms with Gasteiger partial charge in [-0.2, -0.15) is 0 Å². The van der Waals surface area contributed by atoms with Gasteiger partial charge in [-0.25, -0.2) is 0 Å². The number of aliphatic hydroxyl groups excluding tert-OH is 2. The summed E-state index contributed by atoms with van der Waals surface area (Å²) in [5, 5.41) is 23.0. The molecule has 0 aromatic heterocycles. The molecule has 4 heteroatoms. The highest BCUT2D eigenvalue weighted by molar-refractivity contribution is 5.76. The summed E-state index contributed by atoms with van der Waals surface area (Å²) >= 11 is 0. The standard InChI is InChI=1S/C54H103NO3/c1-3-5-7-9-11-13-15-17-18-19-20-21-22-23-24-25-26-27-28-29-30-31-32-33-34-35-36-38-40-42-44-46-48-50-54(58)55-52(51-56)53(57)49-47-45-43-41-39-37-16-14-12-10-8-6-4-2/h19-20,39,41,47,49,52-53,56-57H,3-18,21-38,40,42-46,48,50-51H2,1-2H3,(H,55,58)/b20-19-,41-39+,49-47+. The molecule has 0 fully saturated rings. The predicted molar refractivity (Wildman–Crippen MR) is 258 cm³/mol. The summed E-state index contributed by atoms with van der Waals surface area (Å²) in [7, 11) is 0. The highest BCUT2D eigenvalue weighted by atomic mass is 16.3. The summed E-state index contributed by atoms with van der Waals surface area (Å²) < 4.78 is 0. The molecule has 0 aliphatic heterocycles. The van der Waals surface area contributed by atoms with Gasteiger partial charge in [0.15, 0.2) is 0 Å². The third-order valence-electron chi connectivity index (χ3n) is 12.1. The quantitative estimate of drug-likeness (QED) is 0.0423. The molecule has 0 saturated carbocycles. The first-order valence-electron chi connectivity index (χ1n) is 26.2. The summed E-state index contributed by atoms with van der Waals surface area (Å²) in [6.45, 7) is 4.30. The molecule has 4 nitrogen and oxygen atoms in total. The van der Waals surface area contributed by atoms with Gasteiger partial charge < -0.3 is 15.5 Å². The summed E-state index contributed by atoms with van der Waals surface area (Å²) in [5.41, 5.74) is 0. The highest BCUT2D eigenvalue weighted by Crippen LogP contribution is 2.16. The van der Waals surface area contributed by atoms with Crippen LogP contribution in [0.25, 0.3) is 0 Å². The Morgan fingerprint density at radius 3 is 1.00 bits per heavy atom. The number of carbonyl (C=O) groups excluding carboxylic acids is 1. The van der Waals surface area contributed by atoms with E-state index in [9.17, 15) is 15.0 Å². The van der Waals surface area contributed by atoms with Crippen LogP contribution in [0.4, 0.5) is 0 Å². The Morgan fingerprint density at radius 1 is 0.397 bits per heavy atom. The Morgan fingerprint density at radius 2 is 0.672 bits per heavy atom. The van der Waals surface area contributed by atoms with Gasteiger partial charge in [-0.1, -0.05) is 256 Å². The molecule has 2 atom stereocenters. The Balaban J connectivity index is 3.43. The molecule has 0 rings (SSSR count). The molecule has 0 aliphatic carbocycles. The molecule has 0 spiro atoms. The zero-order valence-electron chi connectivity index (χ0n) is 39.3. The van der Waals surface area contributed by atoms with Gasteiger partial charge in [0.05, 0.1) is 18.8 Å². The van der Waals surface area contributed by atoms with E-state index in [1.54, 1.807) is 6.08 Å². The average molecular weight is 814 g/mol. The van der Waals surface area contributed by atoms with Crippen LogP contribution in [0, 0.1) is 0 Å². The van der Waals surface area contributed by atoms with Crippen LogP contribution in [0.1, 0.15) is 284 Å². The Labute approximate surface area is 363 Å². The van der Waals surface area contributed by atoms with Crippen molar-refractivity contribution in [2.45, 2.75) is 296 Å². The smallest absolute Gasteiger partial charge is 0.220 e. The molecule has 3 N–H and O–H groups in total. The topological polar surface area (TPSA) is 69.6 Å². The first kappa shape index (κ1) is 56.6. The molecule has 0 radical (unpaired) electrons. The van der Waals surface area contributed by atoms with E-state index in [0.29, 0.717) is 6.42 Å². The van der Waals surface area contributed by atoms with E-state index in [1.165, 1.54) is 231 Å². The lowest BCUT2D eigenvalue weighted by Crippen LogP contribution is -2.45. The molecule has 0 aliphatic rings. The van der Waals surface area contributed by atoms with Gasteiger partial charge in [0.2, 0.25) is 5.91 Å². The SMILES string of the molecule is CCCCCCCCC/C=C/CC/C=C/C(O)C(CO)NC(=O)CCCCCCCCCCCCCCCCCCCCCCC/C=C\CCCCCCCCCC. The van der Waals surface area contributed by atoms with Gasteiger partial charge >= 0.3 is 0 Å². The Kier molecular flexibility index (Phi) is 48.8. The van der Waals surface area contributed by atoms with E-state index in [-0.39, 0.29) is 12.5 Å². The van der Waals surface area contributed by atoms with Crippen LogP contribution in [0.5, 0.6) is 0 Å². The zero-order valence-corrected chi connectivity index (χ0v) is 39.3. The lowest BCUT2D eigenvalue weighted by atomic mass is 10.0. The lowest BCUT2D eigenvalue weighted by molar-refractivity contribution is -0.123. The number of hydrogen-bond acceptors (Lipinski definition) is 3. The maximum Gasteiger partial charge on any atom is 0.220 e. The number of rotatable bonds is 48. The summed E-state index contributed by atoms with van der Waals surface area (Å²) in [4.78, 5) is 12.4. The largest absolute Gasteiger partial charge is 0.394 e. The van der Waals surface area contributed by atoms with E-state index >= 15 is 0 Å². The van der Waals surface area contributed by atoms with Crippen molar-refractivity contribution >= 4 is 5.91 Å². The van der Waals surface area contributed by atoms with Crippen LogP contribution in [-0.4, -0.2) is 34.9 Å².